The van der Waals surface area contributed by atoms with Crippen molar-refractivity contribution in [2.24, 2.45) is 0 Å². The summed E-state index contributed by atoms with van der Waals surface area (Å²) in [5, 5.41) is 0.828. The van der Waals surface area contributed by atoms with Crippen LogP contribution in [0.4, 0.5) is 13.2 Å². The fraction of sp³-hybridized carbons (Fsp3) is 1.00. The van der Waals surface area contributed by atoms with Gasteiger partial charge in [0.2, 0.25) is 0 Å². The van der Waals surface area contributed by atoms with Crippen LogP contribution in [0.5, 0.6) is 0 Å². The van der Waals surface area contributed by atoms with Gasteiger partial charge < -0.3 is 0 Å². The molecule has 0 spiro atoms. The second-order valence-electron chi connectivity index (χ2n) is 2.83. The predicted octanol–water partition coefficient (Wildman–Crippen LogP) is 2.81. The maximum atomic E-state index is 11.7. The fourth-order valence-corrected chi connectivity index (χ4v) is 1.65. The van der Waals surface area contributed by atoms with Crippen molar-refractivity contribution in [3.8, 4) is 0 Å². The molecule has 8 heteroatoms. The van der Waals surface area contributed by atoms with Crippen molar-refractivity contribution in [3.05, 3.63) is 0 Å². The van der Waals surface area contributed by atoms with Gasteiger partial charge in [0, 0.05) is 5.33 Å². The Morgan fingerprint density at radius 2 is 1.60 bits per heavy atom. The summed E-state index contributed by atoms with van der Waals surface area (Å²) >= 11 is 3.20. The highest BCUT2D eigenvalue weighted by Gasteiger charge is 2.47. The molecule has 0 aliphatic heterocycles. The summed E-state index contributed by atoms with van der Waals surface area (Å²) in [5.41, 5.74) is -5.32. The van der Waals surface area contributed by atoms with E-state index in [1.165, 1.54) is 0 Å². The average Bonchev–Trinajstić information content (AvgIpc) is 2.09. The molecule has 0 saturated carbocycles. The molecule has 0 aromatic rings. The van der Waals surface area contributed by atoms with Crippen LogP contribution in [0.1, 0.15) is 25.7 Å². The first-order chi connectivity index (χ1) is 6.81. The molecule has 92 valence electrons. The first-order valence-corrected chi connectivity index (χ1v) is 6.86. The Morgan fingerprint density at radius 3 is 2.07 bits per heavy atom. The van der Waals surface area contributed by atoms with Crippen molar-refractivity contribution in [2.45, 2.75) is 31.2 Å². The van der Waals surface area contributed by atoms with E-state index in [0.29, 0.717) is 12.8 Å². The lowest BCUT2D eigenvalue weighted by molar-refractivity contribution is -0.0542. The summed E-state index contributed by atoms with van der Waals surface area (Å²) in [5.74, 6) is 0. The van der Waals surface area contributed by atoms with E-state index in [-0.39, 0.29) is 0 Å². The third-order valence-corrected chi connectivity index (χ3v) is 3.15. The van der Waals surface area contributed by atoms with Crippen molar-refractivity contribution < 1.29 is 25.8 Å². The lowest BCUT2D eigenvalue weighted by Gasteiger charge is -2.07. The second-order valence-corrected chi connectivity index (χ2v) is 5.22. The lowest BCUT2D eigenvalue weighted by atomic mass is 10.2. The van der Waals surface area contributed by atoms with E-state index in [9.17, 15) is 21.6 Å². The SMILES string of the molecule is O=S(=O)(OCCCCCCBr)C(F)(F)F. The van der Waals surface area contributed by atoms with E-state index in [2.05, 4.69) is 20.1 Å². The zero-order chi connectivity index (χ0) is 11.9. The third kappa shape index (κ3) is 6.36. The van der Waals surface area contributed by atoms with Gasteiger partial charge in [-0.05, 0) is 12.8 Å². The smallest absolute Gasteiger partial charge is 0.263 e. The number of hydrogen-bond donors (Lipinski definition) is 0. The van der Waals surface area contributed by atoms with Crippen LogP contribution in [-0.4, -0.2) is 25.9 Å². The Kier molecular flexibility index (Phi) is 6.78. The summed E-state index contributed by atoms with van der Waals surface area (Å²) in [6.07, 6.45) is 2.70. The topological polar surface area (TPSA) is 43.4 Å². The maximum absolute atomic E-state index is 11.7. The minimum atomic E-state index is -5.40. The van der Waals surface area contributed by atoms with Crippen molar-refractivity contribution in [1.82, 2.24) is 0 Å². The number of hydrogen-bond acceptors (Lipinski definition) is 3. The predicted molar refractivity (Wildman–Crippen MR) is 53.2 cm³/mol. The third-order valence-electron chi connectivity index (χ3n) is 1.55. The Bertz CT molecular complexity index is 263. The van der Waals surface area contributed by atoms with Crippen LogP contribution < -0.4 is 0 Å². The van der Waals surface area contributed by atoms with Crippen LogP contribution in [0, 0.1) is 0 Å². The minimum Gasteiger partial charge on any atom is -0.263 e. The molecule has 0 aromatic carbocycles. The van der Waals surface area contributed by atoms with Crippen LogP contribution in [0.15, 0.2) is 0 Å². The van der Waals surface area contributed by atoms with Crippen LogP contribution in [0.3, 0.4) is 0 Å². The summed E-state index contributed by atoms with van der Waals surface area (Å²) in [7, 11) is -5.40. The highest BCUT2D eigenvalue weighted by molar-refractivity contribution is 9.09. The lowest BCUT2D eigenvalue weighted by Crippen LogP contribution is -2.25. The van der Waals surface area contributed by atoms with E-state index in [4.69, 9.17) is 0 Å². The Morgan fingerprint density at radius 1 is 1.07 bits per heavy atom. The molecule has 0 N–H and O–H groups in total. The Labute approximate surface area is 95.2 Å². The van der Waals surface area contributed by atoms with E-state index in [1.807, 2.05) is 0 Å². The molecule has 0 bridgehead atoms. The quantitative estimate of drug-likeness (QED) is 0.314. The van der Waals surface area contributed by atoms with Crippen molar-refractivity contribution >= 4 is 26.0 Å². The summed E-state index contributed by atoms with van der Waals surface area (Å²) in [4.78, 5) is 0. The zero-order valence-electron chi connectivity index (χ0n) is 7.89. The normalized spacial score (nSPS) is 13.1. The van der Waals surface area contributed by atoms with Gasteiger partial charge in [0.1, 0.15) is 0 Å². The average molecular weight is 313 g/mol. The summed E-state index contributed by atoms with van der Waals surface area (Å²) < 4.78 is 59.8. The standard InChI is InChI=1S/C7H12BrF3O3S/c8-5-3-1-2-4-6-14-15(12,13)7(9,10)11/h1-6H2. The van der Waals surface area contributed by atoms with Gasteiger partial charge in [0.15, 0.2) is 0 Å². The fourth-order valence-electron chi connectivity index (χ4n) is 0.786. The van der Waals surface area contributed by atoms with Gasteiger partial charge >= 0.3 is 15.6 Å². The molecule has 0 aliphatic rings. The molecule has 0 saturated heterocycles. The van der Waals surface area contributed by atoms with Gasteiger partial charge in [-0.25, -0.2) is 0 Å². The first kappa shape index (κ1) is 15.2. The Balaban J connectivity index is 3.69. The van der Waals surface area contributed by atoms with E-state index >= 15 is 0 Å². The van der Waals surface area contributed by atoms with Crippen molar-refractivity contribution in [3.63, 3.8) is 0 Å². The molecule has 0 fully saturated rings. The van der Waals surface area contributed by atoms with Gasteiger partial charge in [-0.2, -0.15) is 21.6 Å². The Hall–Kier alpha value is 0.180. The monoisotopic (exact) mass is 312 g/mol. The van der Waals surface area contributed by atoms with Gasteiger partial charge in [0.25, 0.3) is 0 Å². The van der Waals surface area contributed by atoms with Gasteiger partial charge in [-0.3, -0.25) is 4.18 Å². The second kappa shape index (κ2) is 6.70. The van der Waals surface area contributed by atoms with E-state index in [0.717, 1.165) is 18.2 Å². The largest absolute Gasteiger partial charge is 0.523 e. The number of alkyl halides is 4. The summed E-state index contributed by atoms with van der Waals surface area (Å²) in [6, 6.07) is 0. The molecule has 3 nitrogen and oxygen atoms in total. The van der Waals surface area contributed by atoms with Crippen molar-refractivity contribution in [2.75, 3.05) is 11.9 Å². The van der Waals surface area contributed by atoms with Crippen LogP contribution in [0.2, 0.25) is 0 Å². The van der Waals surface area contributed by atoms with Gasteiger partial charge in [-0.15, -0.1) is 0 Å². The molecule has 15 heavy (non-hydrogen) atoms. The van der Waals surface area contributed by atoms with Crippen LogP contribution in [0.25, 0.3) is 0 Å². The zero-order valence-corrected chi connectivity index (χ0v) is 10.3. The van der Waals surface area contributed by atoms with E-state index in [1.54, 1.807) is 0 Å². The number of rotatable bonds is 7. The van der Waals surface area contributed by atoms with Crippen LogP contribution >= 0.6 is 15.9 Å². The maximum Gasteiger partial charge on any atom is 0.523 e. The molecule has 0 atom stereocenters. The molecule has 0 radical (unpaired) electrons. The highest BCUT2D eigenvalue weighted by Crippen LogP contribution is 2.24. The molecule has 0 unspecified atom stereocenters. The number of halogens is 4. The van der Waals surface area contributed by atoms with Crippen LogP contribution in [-0.2, 0) is 14.3 Å². The first-order valence-electron chi connectivity index (χ1n) is 4.33. The van der Waals surface area contributed by atoms with Gasteiger partial charge in [0.05, 0.1) is 6.61 Å². The molecule has 0 amide bonds. The molecular formula is C7H12BrF3O3S. The molecule has 0 rings (SSSR count). The van der Waals surface area contributed by atoms with E-state index < -0.39 is 22.2 Å². The molecule has 0 aliphatic carbocycles. The van der Waals surface area contributed by atoms with Gasteiger partial charge in [-0.1, -0.05) is 28.8 Å². The molecule has 0 aromatic heterocycles. The number of unbranched alkanes of at least 4 members (excludes halogenated alkanes) is 3. The highest BCUT2D eigenvalue weighted by atomic mass is 79.9. The summed E-state index contributed by atoms with van der Waals surface area (Å²) in [6.45, 7) is -0.413. The minimum absolute atomic E-state index is 0.308. The molecular weight excluding hydrogens is 301 g/mol. The molecule has 0 heterocycles. The van der Waals surface area contributed by atoms with Crippen molar-refractivity contribution in [1.29, 1.82) is 0 Å².